The van der Waals surface area contributed by atoms with E-state index in [1.54, 1.807) is 24.3 Å². The summed E-state index contributed by atoms with van der Waals surface area (Å²) >= 11 is 0. The van der Waals surface area contributed by atoms with Gasteiger partial charge in [0.25, 0.3) is 5.91 Å². The third kappa shape index (κ3) is 7.62. The van der Waals surface area contributed by atoms with Gasteiger partial charge in [0.1, 0.15) is 0 Å². The molecule has 0 fully saturated rings. The molecular weight excluding hydrogens is 320 g/mol. The number of hydrogen-bond donors (Lipinski definition) is 4. The smallest absolute Gasteiger partial charge is 0.253 e. The van der Waals surface area contributed by atoms with Crippen LogP contribution in [0.2, 0.25) is 0 Å². The first kappa shape index (κ1) is 20.9. The van der Waals surface area contributed by atoms with E-state index >= 15 is 0 Å². The summed E-state index contributed by atoms with van der Waals surface area (Å²) in [4.78, 5) is 34.9. The van der Waals surface area contributed by atoms with E-state index in [0.717, 1.165) is 0 Å². The van der Waals surface area contributed by atoms with Crippen LogP contribution in [0, 0.1) is 5.92 Å². The van der Waals surface area contributed by atoms with Crippen molar-refractivity contribution in [1.82, 2.24) is 10.6 Å². The largest absolute Gasteiger partial charge is 0.352 e. The number of para-hydroxylation sites is 1. The van der Waals surface area contributed by atoms with Crippen molar-refractivity contribution >= 4 is 35.8 Å². The highest BCUT2D eigenvalue weighted by Crippen LogP contribution is 2.14. The van der Waals surface area contributed by atoms with Crippen LogP contribution in [0.4, 0.5) is 5.69 Å². The molecule has 0 aromatic heterocycles. The molecule has 1 aromatic rings. The standard InChI is InChI=1S/C15H22N4O3.ClH/c1-10(2)8-18-15(22)11-5-3-4-6-12(11)19-14(21)9-17-13(20)7-16;/h3-6,10H,7-9,16H2,1-2H3,(H,17,20)(H,18,22)(H,19,21);1H. The number of nitrogens with two attached hydrogens (primary N) is 1. The van der Waals surface area contributed by atoms with Gasteiger partial charge in [-0.05, 0) is 18.1 Å². The van der Waals surface area contributed by atoms with Crippen molar-refractivity contribution in [3.05, 3.63) is 29.8 Å². The number of carbonyl (C=O) groups is 3. The fourth-order valence-electron chi connectivity index (χ4n) is 1.63. The minimum Gasteiger partial charge on any atom is -0.352 e. The van der Waals surface area contributed by atoms with Crippen LogP contribution >= 0.6 is 12.4 Å². The molecule has 0 aliphatic heterocycles. The molecule has 5 N–H and O–H groups in total. The summed E-state index contributed by atoms with van der Waals surface area (Å²) in [5.41, 5.74) is 5.91. The molecule has 0 aliphatic rings. The summed E-state index contributed by atoms with van der Waals surface area (Å²) in [6.45, 7) is 4.16. The van der Waals surface area contributed by atoms with Crippen molar-refractivity contribution in [2.45, 2.75) is 13.8 Å². The lowest BCUT2D eigenvalue weighted by Gasteiger charge is -2.12. The molecule has 1 rings (SSSR count). The van der Waals surface area contributed by atoms with Gasteiger partial charge >= 0.3 is 0 Å². The minimum absolute atomic E-state index is 0. The van der Waals surface area contributed by atoms with Gasteiger partial charge in [-0.15, -0.1) is 12.4 Å². The first-order chi connectivity index (χ1) is 10.4. The Morgan fingerprint density at radius 2 is 1.74 bits per heavy atom. The first-order valence-electron chi connectivity index (χ1n) is 7.08. The molecule has 128 valence electrons. The zero-order chi connectivity index (χ0) is 16.5. The van der Waals surface area contributed by atoms with E-state index in [4.69, 9.17) is 5.73 Å². The normalized spacial score (nSPS) is 9.74. The van der Waals surface area contributed by atoms with E-state index in [0.29, 0.717) is 23.7 Å². The number of nitrogens with one attached hydrogen (secondary N) is 3. The first-order valence-corrected chi connectivity index (χ1v) is 7.08. The topological polar surface area (TPSA) is 113 Å². The Kier molecular flexibility index (Phi) is 9.60. The maximum absolute atomic E-state index is 12.1. The van der Waals surface area contributed by atoms with E-state index in [9.17, 15) is 14.4 Å². The fraction of sp³-hybridized carbons (Fsp3) is 0.400. The molecule has 0 spiro atoms. The summed E-state index contributed by atoms with van der Waals surface area (Å²) in [7, 11) is 0. The zero-order valence-electron chi connectivity index (χ0n) is 13.2. The van der Waals surface area contributed by atoms with Crippen molar-refractivity contribution in [2.24, 2.45) is 11.7 Å². The summed E-state index contributed by atoms with van der Waals surface area (Å²) in [5.74, 6) is -0.767. The summed E-state index contributed by atoms with van der Waals surface area (Å²) in [6.07, 6.45) is 0. The number of hydrogen-bond acceptors (Lipinski definition) is 4. The summed E-state index contributed by atoms with van der Waals surface area (Å²) in [6, 6.07) is 6.69. The predicted molar refractivity (Wildman–Crippen MR) is 91.6 cm³/mol. The molecule has 0 bridgehead atoms. The van der Waals surface area contributed by atoms with Gasteiger partial charge in [-0.25, -0.2) is 0 Å². The summed E-state index contributed by atoms with van der Waals surface area (Å²) in [5, 5.41) is 7.76. The van der Waals surface area contributed by atoms with Crippen LogP contribution in [0.3, 0.4) is 0 Å². The van der Waals surface area contributed by atoms with Crippen LogP contribution < -0.4 is 21.7 Å². The van der Waals surface area contributed by atoms with Gasteiger partial charge in [0.05, 0.1) is 24.3 Å². The van der Waals surface area contributed by atoms with Crippen LogP contribution in [-0.2, 0) is 9.59 Å². The Bertz CT molecular complexity index is 549. The van der Waals surface area contributed by atoms with Crippen LogP contribution in [0.15, 0.2) is 24.3 Å². The maximum Gasteiger partial charge on any atom is 0.253 e. The second-order valence-electron chi connectivity index (χ2n) is 5.18. The van der Waals surface area contributed by atoms with Gasteiger partial charge < -0.3 is 21.7 Å². The van der Waals surface area contributed by atoms with Crippen LogP contribution in [0.5, 0.6) is 0 Å². The Balaban J connectivity index is 0.00000484. The molecule has 23 heavy (non-hydrogen) atoms. The van der Waals surface area contributed by atoms with Crippen molar-refractivity contribution in [3.8, 4) is 0 Å². The van der Waals surface area contributed by atoms with Gasteiger partial charge in [-0.3, -0.25) is 14.4 Å². The molecule has 0 atom stereocenters. The average molecular weight is 343 g/mol. The van der Waals surface area contributed by atoms with Gasteiger partial charge in [0, 0.05) is 6.54 Å². The quantitative estimate of drug-likeness (QED) is 0.578. The molecular formula is C15H23ClN4O3. The monoisotopic (exact) mass is 342 g/mol. The zero-order valence-corrected chi connectivity index (χ0v) is 14.0. The number of benzene rings is 1. The molecule has 0 radical (unpaired) electrons. The lowest BCUT2D eigenvalue weighted by atomic mass is 10.1. The number of amides is 3. The van der Waals surface area contributed by atoms with Crippen molar-refractivity contribution < 1.29 is 14.4 Å². The number of rotatable bonds is 7. The van der Waals surface area contributed by atoms with Gasteiger partial charge in [-0.2, -0.15) is 0 Å². The predicted octanol–water partition coefficient (Wildman–Crippen LogP) is 0.508. The van der Waals surface area contributed by atoms with E-state index in [1.807, 2.05) is 13.8 Å². The molecule has 0 unspecified atom stereocenters. The SMILES string of the molecule is CC(C)CNC(=O)c1ccccc1NC(=O)CNC(=O)CN.Cl. The third-order valence-corrected chi connectivity index (χ3v) is 2.75. The van der Waals surface area contributed by atoms with Gasteiger partial charge in [0.2, 0.25) is 11.8 Å². The number of carbonyl (C=O) groups excluding carboxylic acids is 3. The minimum atomic E-state index is -0.425. The molecule has 0 saturated heterocycles. The van der Waals surface area contributed by atoms with E-state index in [2.05, 4.69) is 16.0 Å². The molecule has 8 heteroatoms. The van der Waals surface area contributed by atoms with Gasteiger partial charge in [-0.1, -0.05) is 26.0 Å². The van der Waals surface area contributed by atoms with Crippen LogP contribution in [0.25, 0.3) is 0 Å². The Hall–Kier alpha value is -2.12. The van der Waals surface area contributed by atoms with Crippen molar-refractivity contribution in [2.75, 3.05) is 25.0 Å². The molecule has 0 saturated carbocycles. The van der Waals surface area contributed by atoms with Crippen LogP contribution in [-0.4, -0.2) is 37.4 Å². The van der Waals surface area contributed by atoms with Crippen molar-refractivity contribution in [1.29, 1.82) is 0 Å². The van der Waals surface area contributed by atoms with E-state index < -0.39 is 11.8 Å². The number of halogens is 1. The molecule has 1 aromatic carbocycles. The summed E-state index contributed by atoms with van der Waals surface area (Å²) < 4.78 is 0. The average Bonchev–Trinajstić information content (AvgIpc) is 2.50. The number of anilines is 1. The Morgan fingerprint density at radius 3 is 2.35 bits per heavy atom. The Labute approximate surface area is 141 Å². The van der Waals surface area contributed by atoms with Crippen molar-refractivity contribution in [3.63, 3.8) is 0 Å². The highest BCUT2D eigenvalue weighted by Gasteiger charge is 2.13. The second kappa shape index (κ2) is 10.6. The third-order valence-electron chi connectivity index (χ3n) is 2.75. The van der Waals surface area contributed by atoms with Gasteiger partial charge in [0.15, 0.2) is 0 Å². The molecule has 0 aliphatic carbocycles. The van der Waals surface area contributed by atoms with E-state index in [-0.39, 0.29) is 31.4 Å². The lowest BCUT2D eigenvalue weighted by molar-refractivity contribution is -0.123. The maximum atomic E-state index is 12.1. The Morgan fingerprint density at radius 1 is 1.09 bits per heavy atom. The highest BCUT2D eigenvalue weighted by atomic mass is 35.5. The molecule has 3 amide bonds. The fourth-order valence-corrected chi connectivity index (χ4v) is 1.63. The van der Waals surface area contributed by atoms with E-state index in [1.165, 1.54) is 0 Å². The highest BCUT2D eigenvalue weighted by molar-refractivity contribution is 6.04. The molecule has 7 nitrogen and oxygen atoms in total. The molecule has 0 heterocycles. The second-order valence-corrected chi connectivity index (χ2v) is 5.18. The lowest BCUT2D eigenvalue weighted by Crippen LogP contribution is -2.37. The van der Waals surface area contributed by atoms with Crippen LogP contribution in [0.1, 0.15) is 24.2 Å².